The second-order valence-corrected chi connectivity index (χ2v) is 9.15. The molecule has 1 N–H and O–H groups in total. The number of hydrogen-bond donors (Lipinski definition) is 1. The quantitative estimate of drug-likeness (QED) is 0.392. The van der Waals surface area contributed by atoms with E-state index in [0.29, 0.717) is 49.1 Å². The average Bonchev–Trinajstić information content (AvgIpc) is 3.59. The van der Waals surface area contributed by atoms with Crippen LogP contribution in [0.25, 0.3) is 16.5 Å². The largest absolute Gasteiger partial charge is 0.497 e. The van der Waals surface area contributed by atoms with Gasteiger partial charge in [-0.3, -0.25) is 9.69 Å². The van der Waals surface area contributed by atoms with E-state index in [9.17, 15) is 9.90 Å². The number of methoxy groups -OCH3 is 1. The second-order valence-electron chi connectivity index (χ2n) is 8.14. The fraction of sp³-hybridized carbons (Fsp3) is 0.375. The first-order valence-electron chi connectivity index (χ1n) is 11.3. The molecule has 1 atom stereocenters. The highest BCUT2D eigenvalue weighted by molar-refractivity contribution is 7.17. The van der Waals surface area contributed by atoms with Crippen LogP contribution < -0.4 is 4.74 Å². The van der Waals surface area contributed by atoms with Gasteiger partial charge in [0.25, 0.3) is 0 Å². The smallest absolute Gasteiger partial charge is 0.309 e. The Morgan fingerprint density at radius 3 is 2.79 bits per heavy atom. The molecule has 9 nitrogen and oxygen atoms in total. The van der Waals surface area contributed by atoms with Crippen LogP contribution in [0.3, 0.4) is 0 Å². The molecule has 34 heavy (non-hydrogen) atoms. The normalized spacial score (nSPS) is 16.1. The van der Waals surface area contributed by atoms with Crippen LogP contribution >= 0.6 is 11.3 Å². The molecule has 10 heteroatoms. The number of nitrogens with zero attached hydrogens (tertiary/aromatic N) is 4. The van der Waals surface area contributed by atoms with E-state index in [1.807, 2.05) is 31.2 Å². The lowest BCUT2D eigenvalue weighted by Crippen LogP contribution is -2.39. The van der Waals surface area contributed by atoms with Crippen molar-refractivity contribution in [2.75, 3.05) is 26.8 Å². The summed E-state index contributed by atoms with van der Waals surface area (Å²) in [7, 11) is 1.63. The minimum Gasteiger partial charge on any atom is -0.497 e. The first-order chi connectivity index (χ1) is 16.6. The molecule has 178 valence electrons. The molecule has 4 heterocycles. The molecule has 0 amide bonds. The topological polar surface area (TPSA) is 102 Å². The molecule has 0 spiro atoms. The SMILES string of the molecule is CCOC(=O)C1CCN([C@H](c2cccc(OC)c2)c2sc3nc(-c4ccco4)nn3c2O)CC1. The first kappa shape index (κ1) is 22.4. The maximum atomic E-state index is 12.2. The van der Waals surface area contributed by atoms with Gasteiger partial charge in [0, 0.05) is 0 Å². The van der Waals surface area contributed by atoms with Crippen molar-refractivity contribution >= 4 is 22.3 Å². The summed E-state index contributed by atoms with van der Waals surface area (Å²) in [5.41, 5.74) is 0.986. The molecule has 1 saturated heterocycles. The van der Waals surface area contributed by atoms with Gasteiger partial charge in [0.05, 0.1) is 36.8 Å². The lowest BCUT2D eigenvalue weighted by atomic mass is 9.93. The van der Waals surface area contributed by atoms with Gasteiger partial charge in [0.1, 0.15) is 5.75 Å². The Balaban J connectivity index is 1.50. The van der Waals surface area contributed by atoms with Gasteiger partial charge in [0.2, 0.25) is 16.7 Å². The number of piperidine rings is 1. The van der Waals surface area contributed by atoms with Crippen LogP contribution in [0.15, 0.2) is 47.1 Å². The number of carbonyl (C=O) groups is 1. The van der Waals surface area contributed by atoms with Gasteiger partial charge in [0.15, 0.2) is 5.76 Å². The molecule has 1 fully saturated rings. The van der Waals surface area contributed by atoms with Crippen molar-refractivity contribution in [2.45, 2.75) is 25.8 Å². The standard InChI is InChI=1S/C24H26N4O5S/c1-3-32-23(30)15-9-11-27(12-10-15)19(16-6-4-7-17(14-16)31-2)20-22(29)28-24(34-20)25-21(26-28)18-8-5-13-33-18/h4-8,13-15,19,29H,3,9-12H2,1-2H3/t19-/m1/s1. The number of likely N-dealkylation sites (tertiary alicyclic amines) is 1. The molecule has 4 aromatic rings. The van der Waals surface area contributed by atoms with E-state index in [4.69, 9.17) is 13.9 Å². The number of furan rings is 1. The predicted molar refractivity (Wildman–Crippen MR) is 126 cm³/mol. The highest BCUT2D eigenvalue weighted by Crippen LogP contribution is 2.42. The molecule has 5 rings (SSSR count). The number of esters is 1. The van der Waals surface area contributed by atoms with E-state index >= 15 is 0 Å². The third kappa shape index (κ3) is 4.14. The van der Waals surface area contributed by atoms with Crippen LogP contribution in [-0.2, 0) is 9.53 Å². The van der Waals surface area contributed by atoms with Gasteiger partial charge in [-0.05, 0) is 62.7 Å². The third-order valence-electron chi connectivity index (χ3n) is 6.11. The molecule has 1 aromatic carbocycles. The monoisotopic (exact) mass is 482 g/mol. The van der Waals surface area contributed by atoms with Crippen molar-refractivity contribution in [3.05, 3.63) is 53.1 Å². The number of thiazole rings is 1. The first-order valence-corrected chi connectivity index (χ1v) is 12.1. The van der Waals surface area contributed by atoms with Crippen molar-refractivity contribution < 1.29 is 23.8 Å². The van der Waals surface area contributed by atoms with Crippen LogP contribution in [0.2, 0.25) is 0 Å². The van der Waals surface area contributed by atoms with Crippen molar-refractivity contribution in [1.82, 2.24) is 19.5 Å². The van der Waals surface area contributed by atoms with Crippen LogP contribution in [0, 0.1) is 5.92 Å². The van der Waals surface area contributed by atoms with Crippen molar-refractivity contribution in [1.29, 1.82) is 0 Å². The Morgan fingerprint density at radius 2 is 2.12 bits per heavy atom. The zero-order chi connectivity index (χ0) is 23.7. The van der Waals surface area contributed by atoms with E-state index < -0.39 is 0 Å². The van der Waals surface area contributed by atoms with Gasteiger partial charge in [-0.25, -0.2) is 0 Å². The highest BCUT2D eigenvalue weighted by atomic mass is 32.1. The number of fused-ring (bicyclic) bond motifs is 1. The molecule has 0 saturated carbocycles. The fourth-order valence-corrected chi connectivity index (χ4v) is 5.55. The van der Waals surface area contributed by atoms with E-state index in [1.54, 1.807) is 25.5 Å². The number of carbonyl (C=O) groups excluding carboxylic acids is 1. The summed E-state index contributed by atoms with van der Waals surface area (Å²) in [6.45, 7) is 3.60. The van der Waals surface area contributed by atoms with Gasteiger partial charge in [-0.1, -0.05) is 23.5 Å². The van der Waals surface area contributed by atoms with Crippen molar-refractivity contribution in [3.8, 4) is 23.2 Å². The van der Waals surface area contributed by atoms with Crippen LogP contribution in [0.1, 0.15) is 36.2 Å². The molecular formula is C24H26N4O5S. The Hall–Kier alpha value is -3.37. The van der Waals surface area contributed by atoms with Gasteiger partial charge >= 0.3 is 5.97 Å². The fourth-order valence-electron chi connectivity index (χ4n) is 4.43. The van der Waals surface area contributed by atoms with Crippen LogP contribution in [0.5, 0.6) is 11.6 Å². The number of hydrogen-bond acceptors (Lipinski definition) is 9. The molecule has 0 radical (unpaired) electrons. The van der Waals surface area contributed by atoms with Gasteiger partial charge in [-0.15, -0.1) is 5.10 Å². The summed E-state index contributed by atoms with van der Waals surface area (Å²) in [4.78, 5) is 20.4. The van der Waals surface area contributed by atoms with E-state index in [1.165, 1.54) is 15.9 Å². The summed E-state index contributed by atoms with van der Waals surface area (Å²) in [6.07, 6.45) is 2.96. The van der Waals surface area contributed by atoms with E-state index in [-0.39, 0.29) is 23.8 Å². The van der Waals surface area contributed by atoms with Crippen molar-refractivity contribution in [3.63, 3.8) is 0 Å². The summed E-state index contributed by atoms with van der Waals surface area (Å²) >= 11 is 1.39. The predicted octanol–water partition coefficient (Wildman–Crippen LogP) is 4.13. The Labute approximate surface area is 200 Å². The van der Waals surface area contributed by atoms with Crippen molar-refractivity contribution in [2.24, 2.45) is 5.92 Å². The number of aromatic hydroxyl groups is 1. The maximum absolute atomic E-state index is 12.2. The molecule has 1 aliphatic heterocycles. The summed E-state index contributed by atoms with van der Waals surface area (Å²) in [5.74, 6) is 1.52. The summed E-state index contributed by atoms with van der Waals surface area (Å²) in [6, 6.07) is 11.2. The maximum Gasteiger partial charge on any atom is 0.309 e. The lowest BCUT2D eigenvalue weighted by Gasteiger charge is -2.36. The average molecular weight is 483 g/mol. The third-order valence-corrected chi connectivity index (χ3v) is 7.19. The molecule has 0 bridgehead atoms. The number of aromatic nitrogens is 3. The van der Waals surface area contributed by atoms with Gasteiger partial charge in [-0.2, -0.15) is 9.50 Å². The molecule has 1 aliphatic rings. The number of rotatable bonds is 7. The Bertz CT molecular complexity index is 1270. The molecule has 0 unspecified atom stereocenters. The minimum absolute atomic E-state index is 0.0469. The van der Waals surface area contributed by atoms with E-state index in [2.05, 4.69) is 15.0 Å². The Kier molecular flexibility index (Phi) is 6.25. The van der Waals surface area contributed by atoms with Crippen LogP contribution in [-0.4, -0.2) is 57.4 Å². The van der Waals surface area contributed by atoms with E-state index in [0.717, 1.165) is 16.2 Å². The minimum atomic E-state index is -0.237. The number of ether oxygens (including phenoxy) is 2. The second kappa shape index (κ2) is 9.47. The van der Waals surface area contributed by atoms with Gasteiger partial charge < -0.3 is 19.0 Å². The zero-order valence-electron chi connectivity index (χ0n) is 19.0. The molecular weight excluding hydrogens is 456 g/mol. The molecule has 0 aliphatic carbocycles. The highest BCUT2D eigenvalue weighted by Gasteiger charge is 2.34. The summed E-state index contributed by atoms with van der Waals surface area (Å²) in [5, 5.41) is 15.7. The zero-order valence-corrected chi connectivity index (χ0v) is 19.8. The summed E-state index contributed by atoms with van der Waals surface area (Å²) < 4.78 is 17.5. The van der Waals surface area contributed by atoms with Crippen LogP contribution in [0.4, 0.5) is 0 Å². The number of benzene rings is 1. The Morgan fingerprint density at radius 1 is 1.29 bits per heavy atom. The lowest BCUT2D eigenvalue weighted by molar-refractivity contribution is -0.149. The molecule has 3 aromatic heterocycles.